The average Bonchev–Trinajstić information content (AvgIpc) is 3.42. The van der Waals surface area contributed by atoms with Gasteiger partial charge in [0.15, 0.2) is 0 Å². The lowest BCUT2D eigenvalue weighted by molar-refractivity contribution is -0.121. The second-order valence-corrected chi connectivity index (χ2v) is 8.36. The van der Waals surface area contributed by atoms with E-state index in [1.54, 1.807) is 4.90 Å². The lowest BCUT2D eigenvalue weighted by Crippen LogP contribution is -2.41. The van der Waals surface area contributed by atoms with Crippen molar-refractivity contribution in [2.75, 3.05) is 11.9 Å². The van der Waals surface area contributed by atoms with E-state index >= 15 is 0 Å². The van der Waals surface area contributed by atoms with Crippen molar-refractivity contribution >= 4 is 22.4 Å². The topological polar surface area (TPSA) is 59.2 Å². The Morgan fingerprint density at radius 1 is 0.788 bits per heavy atom. The summed E-state index contributed by atoms with van der Waals surface area (Å²) in [5, 5.41) is 10.8. The zero-order chi connectivity index (χ0) is 22.4. The molecule has 0 aliphatic carbocycles. The summed E-state index contributed by atoms with van der Waals surface area (Å²) in [5.41, 5.74) is 2.69. The Bertz CT molecular complexity index is 1490. The Morgan fingerprint density at radius 2 is 1.48 bits per heavy atom. The van der Waals surface area contributed by atoms with E-state index in [0.29, 0.717) is 11.8 Å². The molecule has 0 fully saturated rings. The molecule has 1 atom stereocenters. The molecule has 0 spiro atoms. The van der Waals surface area contributed by atoms with Crippen LogP contribution in [0.2, 0.25) is 0 Å². The van der Waals surface area contributed by atoms with Gasteiger partial charge in [0, 0.05) is 24.7 Å². The highest BCUT2D eigenvalue weighted by atomic mass is 16.4. The molecule has 0 bridgehead atoms. The third-order valence-electron chi connectivity index (χ3n) is 6.55. The fraction of sp³-hybridized carbons (Fsp3) is 0.107. The summed E-state index contributed by atoms with van der Waals surface area (Å²) in [6.07, 6.45) is 0.279. The quantitative estimate of drug-likeness (QED) is 0.383. The van der Waals surface area contributed by atoms with E-state index in [1.165, 1.54) is 0 Å². The van der Waals surface area contributed by atoms with Gasteiger partial charge in [-0.3, -0.25) is 4.79 Å². The van der Waals surface area contributed by atoms with Gasteiger partial charge in [-0.05, 0) is 40.1 Å². The van der Waals surface area contributed by atoms with Gasteiger partial charge in [0.1, 0.15) is 5.41 Å². The third kappa shape index (κ3) is 2.89. The summed E-state index contributed by atoms with van der Waals surface area (Å²) in [6.45, 7) is 0. The molecule has 1 amide bonds. The van der Waals surface area contributed by atoms with Crippen LogP contribution >= 0.6 is 0 Å². The van der Waals surface area contributed by atoms with Crippen molar-refractivity contribution in [3.8, 4) is 11.5 Å². The van der Waals surface area contributed by atoms with Crippen LogP contribution in [0.1, 0.15) is 17.0 Å². The molecule has 0 N–H and O–H groups in total. The highest BCUT2D eigenvalue weighted by Crippen LogP contribution is 2.49. The first-order valence-corrected chi connectivity index (χ1v) is 10.9. The maximum atomic E-state index is 14.0. The van der Waals surface area contributed by atoms with Crippen LogP contribution in [0.15, 0.2) is 101 Å². The molecular weight excluding hydrogens is 410 g/mol. The van der Waals surface area contributed by atoms with Crippen LogP contribution in [0.5, 0.6) is 0 Å². The molecular formula is C28H21N3O2. The maximum absolute atomic E-state index is 14.0. The fourth-order valence-corrected chi connectivity index (χ4v) is 5.01. The highest BCUT2D eigenvalue weighted by Gasteiger charge is 2.52. The number of para-hydroxylation sites is 1. The Kier molecular flexibility index (Phi) is 4.37. The van der Waals surface area contributed by atoms with Gasteiger partial charge in [0.2, 0.25) is 17.7 Å². The van der Waals surface area contributed by atoms with Crippen LogP contribution in [0, 0.1) is 0 Å². The standard InChI is InChI=1S/C28H21N3O2/c1-31-24-17-8-7-15-23(24)28(27(31)32,22-16-9-13-19-10-5-6-14-21(19)22)18-25-29-30-26(33-25)20-11-3-2-4-12-20/h2-17H,18H2,1H3/t28-/m0/s1. The Labute approximate surface area is 191 Å². The van der Waals surface area contributed by atoms with Crippen LogP contribution in [0.4, 0.5) is 5.69 Å². The number of carbonyl (C=O) groups excluding carboxylic acids is 1. The Hall–Kier alpha value is -4.25. The molecule has 0 unspecified atom stereocenters. The fourth-order valence-electron chi connectivity index (χ4n) is 5.01. The van der Waals surface area contributed by atoms with Gasteiger partial charge >= 0.3 is 0 Å². The smallest absolute Gasteiger partial charge is 0.247 e. The molecule has 160 valence electrons. The molecule has 4 aromatic carbocycles. The number of likely N-dealkylation sites (N-methyl/N-ethyl adjacent to an activating group) is 1. The second kappa shape index (κ2) is 7.41. The Balaban J connectivity index is 1.58. The predicted molar refractivity (Wildman–Crippen MR) is 128 cm³/mol. The molecule has 1 aliphatic rings. The lowest BCUT2D eigenvalue weighted by atomic mass is 9.71. The largest absolute Gasteiger partial charge is 0.421 e. The van der Waals surface area contributed by atoms with Crippen molar-refractivity contribution in [1.29, 1.82) is 0 Å². The van der Waals surface area contributed by atoms with E-state index in [0.717, 1.165) is 33.2 Å². The maximum Gasteiger partial charge on any atom is 0.247 e. The first-order valence-electron chi connectivity index (χ1n) is 10.9. The van der Waals surface area contributed by atoms with Gasteiger partial charge in [-0.25, -0.2) is 0 Å². The monoisotopic (exact) mass is 431 g/mol. The zero-order valence-corrected chi connectivity index (χ0v) is 18.1. The molecule has 0 saturated heterocycles. The summed E-state index contributed by atoms with van der Waals surface area (Å²) < 4.78 is 6.10. The van der Waals surface area contributed by atoms with E-state index in [1.807, 2.05) is 85.9 Å². The predicted octanol–water partition coefficient (Wildman–Crippen LogP) is 5.40. The number of anilines is 1. The first-order chi connectivity index (χ1) is 16.2. The molecule has 1 aromatic heterocycles. The minimum Gasteiger partial charge on any atom is -0.421 e. The lowest BCUT2D eigenvalue weighted by Gasteiger charge is -2.29. The first kappa shape index (κ1) is 19.4. The van der Waals surface area contributed by atoms with Gasteiger partial charge in [-0.1, -0.05) is 78.9 Å². The number of amides is 1. The van der Waals surface area contributed by atoms with Crippen molar-refractivity contribution in [3.63, 3.8) is 0 Å². The van der Waals surface area contributed by atoms with Crippen LogP contribution < -0.4 is 4.90 Å². The number of aromatic nitrogens is 2. The number of rotatable bonds is 4. The second-order valence-electron chi connectivity index (χ2n) is 8.36. The van der Waals surface area contributed by atoms with Gasteiger partial charge in [-0.2, -0.15) is 0 Å². The number of nitrogens with zero attached hydrogens (tertiary/aromatic N) is 3. The van der Waals surface area contributed by atoms with Crippen LogP contribution in [0.3, 0.4) is 0 Å². The normalized spacial score (nSPS) is 17.5. The molecule has 5 nitrogen and oxygen atoms in total. The summed E-state index contributed by atoms with van der Waals surface area (Å²) in [4.78, 5) is 15.8. The molecule has 5 aromatic rings. The molecule has 2 heterocycles. The number of hydrogen-bond acceptors (Lipinski definition) is 4. The van der Waals surface area contributed by atoms with E-state index in [-0.39, 0.29) is 12.3 Å². The zero-order valence-electron chi connectivity index (χ0n) is 18.1. The molecule has 0 saturated carbocycles. The van der Waals surface area contributed by atoms with Crippen LogP contribution in [-0.2, 0) is 16.6 Å². The highest BCUT2D eigenvalue weighted by molar-refractivity contribution is 6.12. The average molecular weight is 431 g/mol. The van der Waals surface area contributed by atoms with Crippen molar-refractivity contribution in [1.82, 2.24) is 10.2 Å². The van der Waals surface area contributed by atoms with Gasteiger partial charge in [0.25, 0.3) is 0 Å². The molecule has 0 radical (unpaired) electrons. The van der Waals surface area contributed by atoms with E-state index in [4.69, 9.17) is 4.42 Å². The van der Waals surface area contributed by atoms with Crippen LogP contribution in [-0.4, -0.2) is 23.2 Å². The summed E-state index contributed by atoms with van der Waals surface area (Å²) >= 11 is 0. The minimum absolute atomic E-state index is 0.000450. The van der Waals surface area contributed by atoms with Crippen molar-refractivity contribution in [2.24, 2.45) is 0 Å². The number of benzene rings is 4. The molecule has 5 heteroatoms. The minimum atomic E-state index is -0.966. The van der Waals surface area contributed by atoms with Crippen molar-refractivity contribution in [2.45, 2.75) is 11.8 Å². The number of carbonyl (C=O) groups is 1. The van der Waals surface area contributed by atoms with Gasteiger partial charge in [-0.15, -0.1) is 10.2 Å². The van der Waals surface area contributed by atoms with Gasteiger partial charge in [0.05, 0.1) is 0 Å². The molecule has 6 rings (SSSR count). The number of fused-ring (bicyclic) bond motifs is 2. The molecule has 1 aliphatic heterocycles. The summed E-state index contributed by atoms with van der Waals surface area (Å²) in [7, 11) is 1.83. The van der Waals surface area contributed by atoms with E-state index < -0.39 is 5.41 Å². The van der Waals surface area contributed by atoms with Gasteiger partial charge < -0.3 is 9.32 Å². The molecule has 33 heavy (non-hydrogen) atoms. The Morgan fingerprint density at radius 3 is 2.36 bits per heavy atom. The SMILES string of the molecule is CN1C(=O)[C@@](Cc2nnc(-c3ccccc3)o2)(c2cccc3ccccc23)c2ccccc21. The van der Waals surface area contributed by atoms with E-state index in [9.17, 15) is 4.79 Å². The summed E-state index contributed by atoms with van der Waals surface area (Å²) in [5.74, 6) is 0.880. The van der Waals surface area contributed by atoms with E-state index in [2.05, 4.69) is 28.4 Å². The summed E-state index contributed by atoms with van der Waals surface area (Å²) in [6, 6.07) is 31.9. The van der Waals surface area contributed by atoms with Crippen molar-refractivity contribution < 1.29 is 9.21 Å². The van der Waals surface area contributed by atoms with Crippen molar-refractivity contribution in [3.05, 3.63) is 114 Å². The number of hydrogen-bond donors (Lipinski definition) is 0. The van der Waals surface area contributed by atoms with Crippen LogP contribution in [0.25, 0.3) is 22.2 Å². The third-order valence-corrected chi connectivity index (χ3v) is 6.55.